The number of nitrogens with zero attached hydrogens (tertiary/aromatic N) is 2. The Morgan fingerprint density at radius 3 is 2.58 bits per heavy atom. The van der Waals surface area contributed by atoms with Crippen molar-refractivity contribution < 1.29 is 9.59 Å². The highest BCUT2D eigenvalue weighted by atomic mass is 32.2. The first-order valence-corrected chi connectivity index (χ1v) is 11.7. The Morgan fingerprint density at radius 1 is 1.26 bits per heavy atom. The fourth-order valence-electron chi connectivity index (χ4n) is 3.21. The number of thioether (sulfide) groups is 1. The number of aryl methyl sites for hydroxylation is 2. The highest BCUT2D eigenvalue weighted by molar-refractivity contribution is 7.99. The van der Waals surface area contributed by atoms with Crippen molar-refractivity contribution in [3.8, 4) is 0 Å². The van der Waals surface area contributed by atoms with Crippen LogP contribution in [0.25, 0.3) is 10.2 Å². The number of amides is 2. The summed E-state index contributed by atoms with van der Waals surface area (Å²) in [6.45, 7) is 6.22. The van der Waals surface area contributed by atoms with Gasteiger partial charge in [0.15, 0.2) is 0 Å². The van der Waals surface area contributed by atoms with E-state index in [0.717, 1.165) is 20.8 Å². The number of H-pyrrole nitrogens is 1. The smallest absolute Gasteiger partial charge is 0.259 e. The molecule has 2 aromatic heterocycles. The van der Waals surface area contributed by atoms with Crippen molar-refractivity contribution in [1.82, 2.24) is 20.2 Å². The van der Waals surface area contributed by atoms with Crippen LogP contribution < -0.4 is 10.9 Å². The van der Waals surface area contributed by atoms with E-state index in [0.29, 0.717) is 29.1 Å². The second kappa shape index (κ2) is 9.65. The number of benzene rings is 1. The third-order valence-corrected chi connectivity index (χ3v) is 7.39. The lowest BCUT2D eigenvalue weighted by molar-refractivity contribution is -0.129. The summed E-state index contributed by atoms with van der Waals surface area (Å²) >= 11 is 2.96. The SMILES string of the molecule is CNC(=O)c1ccc(CN(C)C(=O)C(C)SCc2nc3sc(C)c(C)c3c(=O)[nH]2)cc1. The molecule has 0 aliphatic rings. The van der Waals surface area contributed by atoms with Gasteiger partial charge < -0.3 is 15.2 Å². The van der Waals surface area contributed by atoms with Crippen LogP contribution >= 0.6 is 23.1 Å². The molecule has 0 saturated heterocycles. The van der Waals surface area contributed by atoms with Crippen molar-refractivity contribution in [3.63, 3.8) is 0 Å². The van der Waals surface area contributed by atoms with E-state index < -0.39 is 0 Å². The molecule has 0 bridgehead atoms. The highest BCUT2D eigenvalue weighted by Gasteiger charge is 2.19. The first-order valence-electron chi connectivity index (χ1n) is 9.87. The van der Waals surface area contributed by atoms with Gasteiger partial charge in [0.1, 0.15) is 10.7 Å². The van der Waals surface area contributed by atoms with Crippen LogP contribution in [0.2, 0.25) is 0 Å². The molecule has 9 heteroatoms. The molecule has 0 aliphatic heterocycles. The minimum Gasteiger partial charge on any atom is -0.355 e. The van der Waals surface area contributed by atoms with Gasteiger partial charge in [-0.05, 0) is 44.0 Å². The first-order chi connectivity index (χ1) is 14.7. The Bertz CT molecular complexity index is 1170. The number of rotatable bonds is 7. The predicted octanol–water partition coefficient (Wildman–Crippen LogP) is 3.24. The van der Waals surface area contributed by atoms with Crippen molar-refractivity contribution in [2.75, 3.05) is 14.1 Å². The number of carbonyl (C=O) groups is 2. The lowest BCUT2D eigenvalue weighted by Gasteiger charge is -2.21. The largest absolute Gasteiger partial charge is 0.355 e. The van der Waals surface area contributed by atoms with Gasteiger partial charge in [0.25, 0.3) is 11.5 Å². The fourth-order valence-corrected chi connectivity index (χ4v) is 5.13. The number of aromatic nitrogens is 2. The van der Waals surface area contributed by atoms with E-state index in [1.165, 1.54) is 23.1 Å². The molecule has 1 atom stereocenters. The van der Waals surface area contributed by atoms with Crippen LogP contribution in [-0.2, 0) is 17.1 Å². The molecule has 0 radical (unpaired) electrons. The zero-order valence-electron chi connectivity index (χ0n) is 18.2. The number of fused-ring (bicyclic) bond motifs is 1. The van der Waals surface area contributed by atoms with Gasteiger partial charge in [-0.2, -0.15) is 0 Å². The molecule has 2 heterocycles. The summed E-state index contributed by atoms with van der Waals surface area (Å²) in [5.74, 6) is 0.879. The Balaban J connectivity index is 1.60. The monoisotopic (exact) mass is 458 g/mol. The summed E-state index contributed by atoms with van der Waals surface area (Å²) in [5.41, 5.74) is 2.37. The topological polar surface area (TPSA) is 95.2 Å². The van der Waals surface area contributed by atoms with Gasteiger partial charge in [0.05, 0.1) is 16.4 Å². The molecule has 2 N–H and O–H groups in total. The van der Waals surface area contributed by atoms with Crippen LogP contribution in [0.5, 0.6) is 0 Å². The van der Waals surface area contributed by atoms with Gasteiger partial charge in [-0.3, -0.25) is 14.4 Å². The van der Waals surface area contributed by atoms with Crippen LogP contribution in [0, 0.1) is 13.8 Å². The van der Waals surface area contributed by atoms with Gasteiger partial charge in [-0.1, -0.05) is 12.1 Å². The number of thiophene rings is 1. The summed E-state index contributed by atoms with van der Waals surface area (Å²) in [6, 6.07) is 7.19. The summed E-state index contributed by atoms with van der Waals surface area (Å²) in [6.07, 6.45) is 0. The summed E-state index contributed by atoms with van der Waals surface area (Å²) in [4.78, 5) is 47.7. The molecular weight excluding hydrogens is 432 g/mol. The van der Waals surface area contributed by atoms with Gasteiger partial charge in [-0.25, -0.2) is 4.98 Å². The molecule has 164 valence electrons. The van der Waals surface area contributed by atoms with E-state index in [2.05, 4.69) is 15.3 Å². The van der Waals surface area contributed by atoms with E-state index in [1.54, 1.807) is 31.1 Å². The molecule has 31 heavy (non-hydrogen) atoms. The zero-order valence-corrected chi connectivity index (χ0v) is 19.9. The average Bonchev–Trinajstić information content (AvgIpc) is 3.05. The minimum absolute atomic E-state index is 0.00776. The van der Waals surface area contributed by atoms with Gasteiger partial charge in [-0.15, -0.1) is 23.1 Å². The van der Waals surface area contributed by atoms with Crippen LogP contribution in [0.15, 0.2) is 29.1 Å². The van der Waals surface area contributed by atoms with Crippen molar-refractivity contribution >= 4 is 45.1 Å². The molecular formula is C22H26N4O3S2. The van der Waals surface area contributed by atoms with Crippen LogP contribution in [0.3, 0.4) is 0 Å². The van der Waals surface area contributed by atoms with Gasteiger partial charge in [0, 0.05) is 31.1 Å². The van der Waals surface area contributed by atoms with Crippen LogP contribution in [0.4, 0.5) is 0 Å². The van der Waals surface area contributed by atoms with E-state index in [-0.39, 0.29) is 22.6 Å². The number of carbonyl (C=O) groups excluding carboxylic acids is 2. The van der Waals surface area contributed by atoms with E-state index in [4.69, 9.17) is 0 Å². The standard InChI is InChI=1S/C22H26N4O3S2/c1-12-13(2)31-21-18(12)20(28)24-17(25-21)11-30-14(3)22(29)26(5)10-15-6-8-16(9-7-15)19(27)23-4/h6-9,14H,10-11H2,1-5H3,(H,23,27)(H,24,25,28). The summed E-state index contributed by atoms with van der Waals surface area (Å²) in [5, 5.41) is 2.95. The van der Waals surface area contributed by atoms with Gasteiger partial charge in [0.2, 0.25) is 5.91 Å². The molecule has 1 aromatic carbocycles. The van der Waals surface area contributed by atoms with E-state index >= 15 is 0 Å². The summed E-state index contributed by atoms with van der Waals surface area (Å²) in [7, 11) is 3.35. The molecule has 3 rings (SSSR count). The minimum atomic E-state index is -0.289. The number of hydrogen-bond donors (Lipinski definition) is 2. The summed E-state index contributed by atoms with van der Waals surface area (Å²) < 4.78 is 0. The molecule has 0 saturated carbocycles. The van der Waals surface area contributed by atoms with Gasteiger partial charge >= 0.3 is 0 Å². The maximum Gasteiger partial charge on any atom is 0.259 e. The first kappa shape index (κ1) is 23.0. The van der Waals surface area contributed by atoms with E-state index in [1.807, 2.05) is 32.9 Å². The zero-order chi connectivity index (χ0) is 22.7. The number of nitrogens with one attached hydrogen (secondary N) is 2. The molecule has 2 amide bonds. The second-order valence-corrected chi connectivity index (χ2v) is 9.93. The Morgan fingerprint density at radius 2 is 1.94 bits per heavy atom. The fraction of sp³-hybridized carbons (Fsp3) is 0.364. The molecule has 7 nitrogen and oxygen atoms in total. The lowest BCUT2D eigenvalue weighted by atomic mass is 10.1. The predicted molar refractivity (Wildman–Crippen MR) is 127 cm³/mol. The average molecular weight is 459 g/mol. The molecule has 0 aliphatic carbocycles. The molecule has 0 spiro atoms. The Hall–Kier alpha value is -2.65. The molecule has 1 unspecified atom stereocenters. The van der Waals surface area contributed by atoms with Crippen LogP contribution in [-0.4, -0.2) is 46.0 Å². The quantitative estimate of drug-likeness (QED) is 0.567. The van der Waals surface area contributed by atoms with Crippen LogP contribution in [0.1, 0.15) is 39.1 Å². The maximum absolute atomic E-state index is 12.8. The number of aromatic amines is 1. The van der Waals surface area contributed by atoms with Crippen molar-refractivity contribution in [2.24, 2.45) is 0 Å². The van der Waals surface area contributed by atoms with E-state index in [9.17, 15) is 14.4 Å². The van der Waals surface area contributed by atoms with Crippen molar-refractivity contribution in [1.29, 1.82) is 0 Å². The third kappa shape index (κ3) is 5.16. The third-order valence-electron chi connectivity index (χ3n) is 5.15. The van der Waals surface area contributed by atoms with Crippen molar-refractivity contribution in [3.05, 3.63) is 62.0 Å². The highest BCUT2D eigenvalue weighted by Crippen LogP contribution is 2.26. The normalized spacial score (nSPS) is 12.0. The molecule has 0 fully saturated rings. The number of hydrogen-bond acceptors (Lipinski definition) is 6. The molecule has 3 aromatic rings. The Labute approximate surface area is 189 Å². The maximum atomic E-state index is 12.8. The Kier molecular flexibility index (Phi) is 7.17. The van der Waals surface area contributed by atoms with Crippen molar-refractivity contribution in [2.45, 2.75) is 38.3 Å². The lowest BCUT2D eigenvalue weighted by Crippen LogP contribution is -2.33. The second-order valence-electron chi connectivity index (χ2n) is 7.40.